The molecule has 4 rings (SSSR count). The summed E-state index contributed by atoms with van der Waals surface area (Å²) in [5.74, 6) is -0.0647. The number of nitrogens with zero attached hydrogens (tertiary/aromatic N) is 3. The van der Waals surface area contributed by atoms with Gasteiger partial charge in [-0.15, -0.1) is 23.2 Å². The topological polar surface area (TPSA) is 137 Å². The van der Waals surface area contributed by atoms with Crippen LogP contribution in [0.3, 0.4) is 0 Å². The molecule has 1 saturated heterocycles. The van der Waals surface area contributed by atoms with Gasteiger partial charge in [0.1, 0.15) is 28.4 Å². The van der Waals surface area contributed by atoms with Crippen LogP contribution in [0.1, 0.15) is 45.0 Å². The Hall–Kier alpha value is -3.24. The largest absolute Gasteiger partial charge is 0.486 e. The SMILES string of the molecule is CC(=O)C(=N)c1cc(OCc2ncccn2)ccc1NCC(=O)N1CCCC1C(=O)NCC1C(C)(C)C1(Cl)Cl. The molecule has 1 saturated carbocycles. The number of hydrogen-bond acceptors (Lipinski definition) is 8. The van der Waals surface area contributed by atoms with Crippen molar-refractivity contribution in [2.24, 2.45) is 11.3 Å². The van der Waals surface area contributed by atoms with Crippen LogP contribution in [0.2, 0.25) is 0 Å². The van der Waals surface area contributed by atoms with Crippen LogP contribution in [0.15, 0.2) is 36.7 Å². The Kier molecular flexibility index (Phi) is 8.46. The standard InChI is InChI=1S/C27H32Cl2N6O4/c1-16(36)24(30)18-12-17(39-15-22-31-9-5-10-32-22)7-8-19(18)33-14-23(37)35-11-4-6-20(35)25(38)34-13-21-26(2,3)27(21,28)29/h5,7-10,12,20-21,30,33H,4,6,11,13-15H2,1-3H3,(H,34,38). The number of benzene rings is 1. The molecule has 2 heterocycles. The molecule has 2 aromatic rings. The van der Waals surface area contributed by atoms with E-state index in [1.165, 1.54) is 6.92 Å². The third kappa shape index (κ3) is 6.17. The monoisotopic (exact) mass is 574 g/mol. The van der Waals surface area contributed by atoms with Gasteiger partial charge in [0.15, 0.2) is 11.6 Å². The van der Waals surface area contributed by atoms with Crippen molar-refractivity contribution < 1.29 is 19.1 Å². The molecule has 39 heavy (non-hydrogen) atoms. The van der Waals surface area contributed by atoms with Crippen molar-refractivity contribution in [2.75, 3.05) is 25.0 Å². The molecule has 0 radical (unpaired) electrons. The number of aromatic nitrogens is 2. The molecule has 12 heteroatoms. The van der Waals surface area contributed by atoms with Crippen molar-refractivity contribution in [3.05, 3.63) is 48.0 Å². The van der Waals surface area contributed by atoms with Crippen LogP contribution in [0.5, 0.6) is 5.75 Å². The number of carbonyl (C=O) groups is 3. The van der Waals surface area contributed by atoms with Gasteiger partial charge in [-0.3, -0.25) is 19.8 Å². The molecule has 0 bridgehead atoms. The maximum Gasteiger partial charge on any atom is 0.242 e. The van der Waals surface area contributed by atoms with Gasteiger partial charge in [-0.2, -0.15) is 0 Å². The normalized spacial score (nSPS) is 20.7. The van der Waals surface area contributed by atoms with Crippen LogP contribution in [-0.4, -0.2) is 68.2 Å². The number of alkyl halides is 2. The lowest BCUT2D eigenvalue weighted by Gasteiger charge is -2.25. The number of Topliss-reactive ketones (excluding diaryl/α,β-unsaturated/α-hetero) is 1. The van der Waals surface area contributed by atoms with Gasteiger partial charge in [-0.1, -0.05) is 13.8 Å². The van der Waals surface area contributed by atoms with Crippen LogP contribution in [0.4, 0.5) is 5.69 Å². The van der Waals surface area contributed by atoms with Gasteiger partial charge in [-0.25, -0.2) is 9.97 Å². The molecule has 2 aliphatic rings. The molecule has 208 valence electrons. The minimum absolute atomic E-state index is 0.0633. The molecule has 1 aromatic heterocycles. The van der Waals surface area contributed by atoms with Crippen molar-refractivity contribution in [1.82, 2.24) is 20.2 Å². The predicted molar refractivity (Wildman–Crippen MR) is 148 cm³/mol. The third-order valence-electron chi connectivity index (χ3n) is 7.47. The smallest absolute Gasteiger partial charge is 0.242 e. The van der Waals surface area contributed by atoms with Gasteiger partial charge < -0.3 is 20.3 Å². The molecule has 3 N–H and O–H groups in total. The molecular weight excluding hydrogens is 543 g/mol. The van der Waals surface area contributed by atoms with Gasteiger partial charge in [0.2, 0.25) is 11.8 Å². The highest BCUT2D eigenvalue weighted by Crippen LogP contribution is 2.68. The lowest BCUT2D eigenvalue weighted by Crippen LogP contribution is -2.48. The zero-order valence-corrected chi connectivity index (χ0v) is 23.6. The molecule has 0 spiro atoms. The van der Waals surface area contributed by atoms with Gasteiger partial charge in [0, 0.05) is 55.0 Å². The second-order valence-corrected chi connectivity index (χ2v) is 11.7. The average molecular weight is 575 g/mol. The molecule has 2 unspecified atom stereocenters. The molecule has 2 fully saturated rings. The summed E-state index contributed by atoms with van der Waals surface area (Å²) in [4.78, 5) is 47.8. The number of rotatable bonds is 11. The predicted octanol–water partition coefficient (Wildman–Crippen LogP) is 3.36. The van der Waals surface area contributed by atoms with Crippen molar-refractivity contribution in [2.45, 2.75) is 50.6 Å². The van der Waals surface area contributed by atoms with Gasteiger partial charge >= 0.3 is 0 Å². The number of amides is 2. The maximum absolute atomic E-state index is 13.1. The summed E-state index contributed by atoms with van der Waals surface area (Å²) in [5, 5.41) is 14.2. The fourth-order valence-corrected chi connectivity index (χ4v) is 5.64. The summed E-state index contributed by atoms with van der Waals surface area (Å²) in [6.07, 6.45) is 4.50. The fourth-order valence-electron chi connectivity index (χ4n) is 4.79. The van der Waals surface area contributed by atoms with E-state index in [9.17, 15) is 14.4 Å². The Morgan fingerprint density at radius 1 is 1.21 bits per heavy atom. The second-order valence-electron chi connectivity index (χ2n) is 10.3. The first-order valence-electron chi connectivity index (χ1n) is 12.7. The summed E-state index contributed by atoms with van der Waals surface area (Å²) in [6, 6.07) is 6.02. The summed E-state index contributed by atoms with van der Waals surface area (Å²) < 4.78 is 4.86. The zero-order valence-electron chi connectivity index (χ0n) is 22.1. The highest BCUT2D eigenvalue weighted by Gasteiger charge is 2.69. The number of carbonyl (C=O) groups excluding carboxylic acids is 3. The fraction of sp³-hybridized carbons (Fsp3) is 0.481. The van der Waals surface area contributed by atoms with Crippen molar-refractivity contribution in [3.8, 4) is 5.75 Å². The van der Waals surface area contributed by atoms with E-state index in [-0.39, 0.29) is 42.0 Å². The lowest BCUT2D eigenvalue weighted by molar-refractivity contribution is -0.137. The Morgan fingerprint density at radius 2 is 1.90 bits per heavy atom. The van der Waals surface area contributed by atoms with Crippen molar-refractivity contribution in [3.63, 3.8) is 0 Å². The number of anilines is 1. The van der Waals surface area contributed by atoms with E-state index in [2.05, 4.69) is 20.6 Å². The van der Waals surface area contributed by atoms with Crippen LogP contribution in [0, 0.1) is 16.7 Å². The van der Waals surface area contributed by atoms with Crippen LogP contribution in [0.25, 0.3) is 0 Å². The number of halogens is 2. The van der Waals surface area contributed by atoms with Gasteiger partial charge in [0.25, 0.3) is 0 Å². The highest BCUT2D eigenvalue weighted by atomic mass is 35.5. The minimum atomic E-state index is -0.878. The third-order valence-corrected chi connectivity index (χ3v) is 8.97. The van der Waals surface area contributed by atoms with E-state index in [0.717, 1.165) is 0 Å². The number of nitrogens with one attached hydrogen (secondary N) is 3. The van der Waals surface area contributed by atoms with E-state index in [1.807, 2.05) is 13.8 Å². The van der Waals surface area contributed by atoms with Crippen molar-refractivity contribution in [1.29, 1.82) is 5.41 Å². The van der Waals surface area contributed by atoms with Gasteiger partial charge in [0.05, 0.1) is 6.54 Å². The van der Waals surface area contributed by atoms with Crippen LogP contribution < -0.4 is 15.4 Å². The first-order chi connectivity index (χ1) is 18.4. The summed E-state index contributed by atoms with van der Waals surface area (Å²) >= 11 is 12.6. The molecule has 2 atom stereocenters. The van der Waals surface area contributed by atoms with Crippen LogP contribution in [-0.2, 0) is 21.0 Å². The first-order valence-corrected chi connectivity index (χ1v) is 13.5. The van der Waals surface area contributed by atoms with Crippen LogP contribution >= 0.6 is 23.2 Å². The Morgan fingerprint density at radius 3 is 2.54 bits per heavy atom. The summed E-state index contributed by atoms with van der Waals surface area (Å²) in [7, 11) is 0. The summed E-state index contributed by atoms with van der Waals surface area (Å²) in [6.45, 7) is 6.03. The molecule has 10 nitrogen and oxygen atoms in total. The lowest BCUT2D eigenvalue weighted by atomic mass is 10.0. The molecule has 1 aromatic carbocycles. The number of ketones is 1. The number of likely N-dealkylation sites (tertiary alicyclic amines) is 1. The number of hydrogen-bond donors (Lipinski definition) is 3. The molecule has 1 aliphatic heterocycles. The second kappa shape index (κ2) is 11.5. The molecular formula is C27H32Cl2N6O4. The quantitative estimate of drug-likeness (QED) is 0.276. The molecule has 1 aliphatic carbocycles. The van der Waals surface area contributed by atoms with E-state index in [4.69, 9.17) is 33.3 Å². The first kappa shape index (κ1) is 28.8. The van der Waals surface area contributed by atoms with E-state index < -0.39 is 16.2 Å². The summed E-state index contributed by atoms with van der Waals surface area (Å²) in [5.41, 5.74) is 0.223. The van der Waals surface area contributed by atoms with Gasteiger partial charge in [-0.05, 0) is 37.1 Å². The molecule has 2 amide bonds. The Balaban J connectivity index is 1.38. The van der Waals surface area contributed by atoms with E-state index in [0.29, 0.717) is 48.8 Å². The number of ether oxygens (including phenoxy) is 1. The average Bonchev–Trinajstić information content (AvgIpc) is 3.24. The minimum Gasteiger partial charge on any atom is -0.486 e. The van der Waals surface area contributed by atoms with Crippen molar-refractivity contribution >= 4 is 52.2 Å². The Bertz CT molecular complexity index is 1260. The van der Waals surface area contributed by atoms with E-state index >= 15 is 0 Å². The maximum atomic E-state index is 13.1. The Labute approximate surface area is 237 Å². The highest BCUT2D eigenvalue weighted by molar-refractivity contribution is 6.51. The van der Waals surface area contributed by atoms with E-state index in [1.54, 1.807) is 41.6 Å². The zero-order chi connectivity index (χ0) is 28.4.